The van der Waals surface area contributed by atoms with E-state index < -0.39 is 23.4 Å². The number of carbonyl (C=O) groups is 3. The molecule has 0 aliphatic heterocycles. The van der Waals surface area contributed by atoms with E-state index in [1.807, 2.05) is 37.3 Å². The number of aryl methyl sites for hydroxylation is 1. The van der Waals surface area contributed by atoms with Gasteiger partial charge in [0.25, 0.3) is 5.91 Å². The van der Waals surface area contributed by atoms with Crippen LogP contribution in [0.25, 0.3) is 0 Å². The number of rotatable bonds is 7. The number of nitrogens with zero attached hydrogens (tertiary/aromatic N) is 1. The van der Waals surface area contributed by atoms with Crippen LogP contribution in [0.5, 0.6) is 0 Å². The number of hydrogen-bond donors (Lipinski definition) is 1. The van der Waals surface area contributed by atoms with Gasteiger partial charge < -0.3 is 9.47 Å². The van der Waals surface area contributed by atoms with Crippen molar-refractivity contribution >= 4 is 17.8 Å². The van der Waals surface area contributed by atoms with E-state index in [4.69, 9.17) is 15.3 Å². The first-order chi connectivity index (χ1) is 13.6. The Labute approximate surface area is 170 Å². The van der Waals surface area contributed by atoms with E-state index in [9.17, 15) is 14.4 Å². The van der Waals surface area contributed by atoms with Gasteiger partial charge in [0, 0.05) is 5.56 Å². The zero-order valence-electron chi connectivity index (χ0n) is 17.1. The fourth-order valence-corrected chi connectivity index (χ4v) is 2.78. The summed E-state index contributed by atoms with van der Waals surface area (Å²) in [6.45, 7) is 4.98. The summed E-state index contributed by atoms with van der Waals surface area (Å²) in [6, 6.07) is 14.4. The van der Waals surface area contributed by atoms with Gasteiger partial charge in [-0.3, -0.25) is 14.6 Å². The smallest absolute Gasteiger partial charge is 0.332 e. The van der Waals surface area contributed by atoms with Gasteiger partial charge >= 0.3 is 11.9 Å². The number of carbonyl (C=O) groups excluding carboxylic acids is 3. The zero-order valence-corrected chi connectivity index (χ0v) is 17.1. The summed E-state index contributed by atoms with van der Waals surface area (Å²) in [6.07, 6.45) is 0.0137. The number of amides is 1. The van der Waals surface area contributed by atoms with Crippen LogP contribution in [0.4, 0.5) is 0 Å². The Morgan fingerprint density at radius 3 is 2.31 bits per heavy atom. The summed E-state index contributed by atoms with van der Waals surface area (Å²) in [5.41, 5.74) is 1.23. The van der Waals surface area contributed by atoms with Crippen LogP contribution in [0, 0.1) is 6.92 Å². The van der Waals surface area contributed by atoms with Crippen LogP contribution in [0.3, 0.4) is 0 Å². The van der Waals surface area contributed by atoms with Gasteiger partial charge in [-0.25, -0.2) is 10.6 Å². The average Bonchev–Trinajstić information content (AvgIpc) is 2.70. The van der Waals surface area contributed by atoms with Gasteiger partial charge in [-0.2, -0.15) is 0 Å². The number of hydrazine groups is 1. The van der Waals surface area contributed by atoms with Gasteiger partial charge in [0.05, 0.1) is 13.5 Å². The molecule has 1 amide bonds. The quantitative estimate of drug-likeness (QED) is 0.333. The highest BCUT2D eigenvalue weighted by atomic mass is 16.5. The van der Waals surface area contributed by atoms with E-state index in [1.54, 1.807) is 18.2 Å². The molecule has 29 heavy (non-hydrogen) atoms. The van der Waals surface area contributed by atoms with Crippen LogP contribution in [0.15, 0.2) is 48.5 Å². The second kappa shape index (κ2) is 9.34. The minimum atomic E-state index is -1.34. The highest BCUT2D eigenvalue weighted by molar-refractivity contribution is 5.98. The van der Waals surface area contributed by atoms with Crippen molar-refractivity contribution in [2.24, 2.45) is 5.84 Å². The van der Waals surface area contributed by atoms with Gasteiger partial charge in [0.2, 0.25) is 0 Å². The van der Waals surface area contributed by atoms with Crippen molar-refractivity contribution in [3.63, 3.8) is 0 Å². The predicted molar refractivity (Wildman–Crippen MR) is 108 cm³/mol. The molecule has 0 saturated carbocycles. The molecular weight excluding hydrogens is 372 g/mol. The summed E-state index contributed by atoms with van der Waals surface area (Å²) in [4.78, 5) is 36.9. The highest BCUT2D eigenvalue weighted by Gasteiger charge is 2.37. The maximum atomic E-state index is 12.8. The summed E-state index contributed by atoms with van der Waals surface area (Å²) >= 11 is 0. The van der Waals surface area contributed by atoms with Gasteiger partial charge in [-0.15, -0.1) is 0 Å². The molecule has 2 aromatic rings. The van der Waals surface area contributed by atoms with Gasteiger partial charge in [0.1, 0.15) is 6.61 Å². The lowest BCUT2D eigenvalue weighted by Crippen LogP contribution is -2.57. The highest BCUT2D eigenvalue weighted by Crippen LogP contribution is 2.18. The third-order valence-corrected chi connectivity index (χ3v) is 4.48. The maximum absolute atomic E-state index is 12.8. The summed E-state index contributed by atoms with van der Waals surface area (Å²) < 4.78 is 10.0. The molecule has 0 aliphatic carbocycles. The maximum Gasteiger partial charge on any atom is 0.332 e. The molecule has 0 aliphatic rings. The van der Waals surface area contributed by atoms with Crippen LogP contribution >= 0.6 is 0 Å². The molecule has 2 aromatic carbocycles. The second-order valence-electron chi connectivity index (χ2n) is 7.26. The number of benzene rings is 2. The Morgan fingerprint density at radius 2 is 1.69 bits per heavy atom. The lowest BCUT2D eigenvalue weighted by Gasteiger charge is -2.32. The largest absolute Gasteiger partial charge is 0.467 e. The first-order valence-corrected chi connectivity index (χ1v) is 9.13. The van der Waals surface area contributed by atoms with Crippen LogP contribution in [0.1, 0.15) is 40.9 Å². The molecule has 7 heteroatoms. The summed E-state index contributed by atoms with van der Waals surface area (Å²) in [5.74, 6) is 4.32. The van der Waals surface area contributed by atoms with Crippen molar-refractivity contribution in [3.05, 3.63) is 70.8 Å². The molecule has 0 heterocycles. The molecule has 0 bridgehead atoms. The van der Waals surface area contributed by atoms with E-state index in [2.05, 4.69) is 0 Å². The Morgan fingerprint density at radius 1 is 1.03 bits per heavy atom. The molecule has 2 N–H and O–H groups in total. The lowest BCUT2D eigenvalue weighted by atomic mass is 10.0. The average molecular weight is 398 g/mol. The van der Waals surface area contributed by atoms with E-state index in [0.29, 0.717) is 5.56 Å². The number of methoxy groups -OCH3 is 1. The van der Waals surface area contributed by atoms with E-state index in [0.717, 1.165) is 16.1 Å². The molecule has 7 nitrogen and oxygen atoms in total. The third kappa shape index (κ3) is 5.65. The molecule has 0 saturated heterocycles. The van der Waals surface area contributed by atoms with Crippen molar-refractivity contribution in [2.75, 3.05) is 7.11 Å². The predicted octanol–water partition coefficient (Wildman–Crippen LogP) is 2.55. The van der Waals surface area contributed by atoms with Crippen molar-refractivity contribution in [2.45, 2.75) is 39.3 Å². The number of ether oxygens (including phenoxy) is 2. The first kappa shape index (κ1) is 22.1. The van der Waals surface area contributed by atoms with Crippen molar-refractivity contribution < 1.29 is 23.9 Å². The molecule has 0 fully saturated rings. The van der Waals surface area contributed by atoms with Gasteiger partial charge in [-0.1, -0.05) is 42.0 Å². The molecule has 0 spiro atoms. The minimum Gasteiger partial charge on any atom is -0.467 e. The molecule has 154 valence electrons. The fraction of sp³-hybridized carbons (Fsp3) is 0.318. The molecule has 2 rings (SSSR count). The SMILES string of the molecule is COC(=O)C(C)(C)N(N)C(=O)c1cc(C)cc(CC(=O)OCc2ccccc2)c1. The van der Waals surface area contributed by atoms with E-state index in [1.165, 1.54) is 21.0 Å². The topological polar surface area (TPSA) is 98.9 Å². The Hall–Kier alpha value is -3.19. The van der Waals surface area contributed by atoms with Crippen molar-refractivity contribution in [1.82, 2.24) is 5.01 Å². The molecule has 0 unspecified atom stereocenters. The van der Waals surface area contributed by atoms with Gasteiger partial charge in [0.15, 0.2) is 5.54 Å². The van der Waals surface area contributed by atoms with Crippen molar-refractivity contribution in [1.29, 1.82) is 0 Å². The molecular formula is C22H26N2O5. The Kier molecular flexibility index (Phi) is 7.12. The summed E-state index contributed by atoms with van der Waals surface area (Å²) in [5, 5.41) is 0.838. The lowest BCUT2D eigenvalue weighted by molar-refractivity contribution is -0.151. The normalized spacial score (nSPS) is 10.9. The minimum absolute atomic E-state index is 0.0137. The monoisotopic (exact) mass is 398 g/mol. The molecule has 0 radical (unpaired) electrons. The van der Waals surface area contributed by atoms with E-state index in [-0.39, 0.29) is 18.6 Å². The standard InChI is InChI=1S/C22H26N2O5/c1-15-10-17(13-19(25)29-14-16-8-6-5-7-9-16)12-18(11-15)20(26)24(23)22(2,3)21(27)28-4/h5-12H,13-14,23H2,1-4H3. The van der Waals surface area contributed by atoms with Crippen LogP contribution < -0.4 is 5.84 Å². The summed E-state index contributed by atoms with van der Waals surface area (Å²) in [7, 11) is 1.23. The Bertz CT molecular complexity index is 893. The Balaban J connectivity index is 2.11. The number of hydrogen-bond acceptors (Lipinski definition) is 6. The van der Waals surface area contributed by atoms with Gasteiger partial charge in [-0.05, 0) is 44.0 Å². The molecule has 0 aromatic heterocycles. The third-order valence-electron chi connectivity index (χ3n) is 4.48. The van der Waals surface area contributed by atoms with E-state index >= 15 is 0 Å². The zero-order chi connectivity index (χ0) is 21.6. The first-order valence-electron chi connectivity index (χ1n) is 9.13. The van der Waals surface area contributed by atoms with Crippen LogP contribution in [0.2, 0.25) is 0 Å². The van der Waals surface area contributed by atoms with Crippen LogP contribution in [-0.2, 0) is 32.1 Å². The second-order valence-corrected chi connectivity index (χ2v) is 7.26. The van der Waals surface area contributed by atoms with Crippen molar-refractivity contribution in [3.8, 4) is 0 Å². The fourth-order valence-electron chi connectivity index (χ4n) is 2.78. The number of nitrogens with two attached hydrogens (primary N) is 1. The van der Waals surface area contributed by atoms with Crippen LogP contribution in [-0.4, -0.2) is 35.5 Å². The molecule has 0 atom stereocenters. The number of esters is 2.